The number of aromatic carboxylic acids is 1. The molecule has 0 bridgehead atoms. The van der Waals surface area contributed by atoms with Gasteiger partial charge >= 0.3 is 11.9 Å². The molecular weight excluding hydrogens is 288 g/mol. The molecule has 0 aromatic carbocycles. The van der Waals surface area contributed by atoms with Gasteiger partial charge in [0, 0.05) is 19.8 Å². The predicted molar refractivity (Wildman–Crippen MR) is 68.8 cm³/mol. The Hall–Kier alpha value is -1.87. The van der Waals surface area contributed by atoms with Gasteiger partial charge in [0.2, 0.25) is 10.0 Å². The van der Waals surface area contributed by atoms with E-state index in [0.717, 1.165) is 17.5 Å². The SMILES string of the molecule is CCN(CC(=O)OC)S(=O)(=O)c1cc(C(=O)O)n(C)c1. The Bertz CT molecular complexity index is 619. The summed E-state index contributed by atoms with van der Waals surface area (Å²) in [6, 6.07) is 1.05. The van der Waals surface area contributed by atoms with Crippen LogP contribution in [0.15, 0.2) is 17.2 Å². The molecule has 0 unspecified atom stereocenters. The number of carbonyl (C=O) groups excluding carboxylic acids is 1. The summed E-state index contributed by atoms with van der Waals surface area (Å²) in [7, 11) is -1.35. The van der Waals surface area contributed by atoms with E-state index in [2.05, 4.69) is 4.74 Å². The minimum absolute atomic E-state index is 0.0642. The van der Waals surface area contributed by atoms with Crippen molar-refractivity contribution in [2.45, 2.75) is 11.8 Å². The maximum atomic E-state index is 12.3. The van der Waals surface area contributed by atoms with Crippen LogP contribution in [0, 0.1) is 0 Å². The lowest BCUT2D eigenvalue weighted by Gasteiger charge is -2.18. The maximum absolute atomic E-state index is 12.3. The van der Waals surface area contributed by atoms with Gasteiger partial charge in [0.25, 0.3) is 0 Å². The molecule has 0 saturated carbocycles. The molecule has 0 atom stereocenters. The quantitative estimate of drug-likeness (QED) is 0.736. The van der Waals surface area contributed by atoms with Crippen LogP contribution in [0.3, 0.4) is 0 Å². The van der Waals surface area contributed by atoms with Crippen molar-refractivity contribution in [3.05, 3.63) is 18.0 Å². The third kappa shape index (κ3) is 3.17. The summed E-state index contributed by atoms with van der Waals surface area (Å²) >= 11 is 0. The van der Waals surface area contributed by atoms with E-state index in [1.165, 1.54) is 17.8 Å². The van der Waals surface area contributed by atoms with Crippen LogP contribution in [0.25, 0.3) is 0 Å². The van der Waals surface area contributed by atoms with E-state index in [9.17, 15) is 18.0 Å². The van der Waals surface area contributed by atoms with Crippen LogP contribution in [0.1, 0.15) is 17.4 Å². The topological polar surface area (TPSA) is 106 Å². The molecule has 0 spiro atoms. The van der Waals surface area contributed by atoms with E-state index in [1.54, 1.807) is 6.92 Å². The van der Waals surface area contributed by atoms with Crippen LogP contribution in [0.5, 0.6) is 0 Å². The van der Waals surface area contributed by atoms with Gasteiger partial charge < -0.3 is 14.4 Å². The first-order valence-electron chi connectivity index (χ1n) is 5.70. The third-order valence-corrected chi connectivity index (χ3v) is 4.61. The molecule has 1 aromatic rings. The summed E-state index contributed by atoms with van der Waals surface area (Å²) in [5, 5.41) is 8.92. The lowest BCUT2D eigenvalue weighted by Crippen LogP contribution is -2.35. The van der Waals surface area contributed by atoms with Crippen molar-refractivity contribution in [1.82, 2.24) is 8.87 Å². The van der Waals surface area contributed by atoms with Gasteiger partial charge in [-0.1, -0.05) is 6.92 Å². The Balaban J connectivity index is 3.17. The predicted octanol–water partition coefficient (Wildman–Crippen LogP) is -0.0931. The number of likely N-dealkylation sites (N-methyl/N-ethyl adjacent to an activating group) is 1. The zero-order chi connectivity index (χ0) is 15.5. The van der Waals surface area contributed by atoms with Crippen molar-refractivity contribution in [1.29, 1.82) is 0 Å². The Morgan fingerprint density at radius 2 is 2.05 bits per heavy atom. The van der Waals surface area contributed by atoms with Gasteiger partial charge in [0.15, 0.2) is 0 Å². The van der Waals surface area contributed by atoms with Crippen LogP contribution in [-0.2, 0) is 26.6 Å². The summed E-state index contributed by atoms with van der Waals surface area (Å²) < 4.78 is 31.2. The number of carbonyl (C=O) groups is 2. The molecule has 112 valence electrons. The van der Waals surface area contributed by atoms with Crippen molar-refractivity contribution in [3.8, 4) is 0 Å². The molecule has 1 aromatic heterocycles. The van der Waals surface area contributed by atoms with Crippen LogP contribution >= 0.6 is 0 Å². The van der Waals surface area contributed by atoms with Crippen molar-refractivity contribution in [3.63, 3.8) is 0 Å². The molecule has 0 aliphatic carbocycles. The fraction of sp³-hybridized carbons (Fsp3) is 0.455. The summed E-state index contributed by atoms with van der Waals surface area (Å²) in [6.07, 6.45) is 1.19. The van der Waals surface area contributed by atoms with Crippen molar-refractivity contribution < 1.29 is 27.9 Å². The minimum Gasteiger partial charge on any atom is -0.477 e. The normalized spacial score (nSPS) is 11.6. The Kier molecular flexibility index (Phi) is 4.90. The molecule has 0 saturated heterocycles. The number of carboxylic acids is 1. The Labute approximate surface area is 116 Å². The molecule has 8 nitrogen and oxygen atoms in total. The second-order valence-electron chi connectivity index (χ2n) is 3.98. The lowest BCUT2D eigenvalue weighted by molar-refractivity contribution is -0.140. The highest BCUT2D eigenvalue weighted by Gasteiger charge is 2.28. The van der Waals surface area contributed by atoms with E-state index < -0.39 is 28.5 Å². The lowest BCUT2D eigenvalue weighted by atomic mass is 10.4. The monoisotopic (exact) mass is 304 g/mol. The standard InChI is InChI=1S/C11H16N2O6S/c1-4-13(7-10(14)19-3)20(17,18)8-5-9(11(15)16)12(2)6-8/h5-6H,4,7H2,1-3H3,(H,15,16). The van der Waals surface area contributed by atoms with Gasteiger partial charge in [-0.05, 0) is 6.07 Å². The number of ether oxygens (including phenoxy) is 1. The number of carboxylic acid groups (broad SMARTS) is 1. The summed E-state index contributed by atoms with van der Waals surface area (Å²) in [5.74, 6) is -1.92. The van der Waals surface area contributed by atoms with E-state index in [0.29, 0.717) is 0 Å². The first kappa shape index (κ1) is 16.2. The fourth-order valence-corrected chi connectivity index (χ4v) is 3.08. The Morgan fingerprint density at radius 3 is 2.45 bits per heavy atom. The largest absolute Gasteiger partial charge is 0.477 e. The highest BCUT2D eigenvalue weighted by atomic mass is 32.2. The number of sulfonamides is 1. The number of aryl methyl sites for hydroxylation is 1. The first-order valence-corrected chi connectivity index (χ1v) is 7.14. The molecule has 0 radical (unpaired) electrons. The van der Waals surface area contributed by atoms with Gasteiger partial charge in [-0.2, -0.15) is 4.31 Å². The average Bonchev–Trinajstić information content (AvgIpc) is 2.78. The first-order chi connectivity index (χ1) is 9.23. The molecule has 20 heavy (non-hydrogen) atoms. The van der Waals surface area contributed by atoms with Crippen LogP contribution in [0.4, 0.5) is 0 Å². The second kappa shape index (κ2) is 6.06. The van der Waals surface area contributed by atoms with Gasteiger partial charge in [0.1, 0.15) is 17.1 Å². The van der Waals surface area contributed by atoms with Crippen molar-refractivity contribution in [2.24, 2.45) is 7.05 Å². The van der Waals surface area contributed by atoms with Crippen LogP contribution in [0.2, 0.25) is 0 Å². The zero-order valence-corrected chi connectivity index (χ0v) is 12.2. The van der Waals surface area contributed by atoms with Gasteiger partial charge in [-0.3, -0.25) is 4.79 Å². The number of hydrogen-bond acceptors (Lipinski definition) is 5. The van der Waals surface area contributed by atoms with Crippen LogP contribution < -0.4 is 0 Å². The van der Waals surface area contributed by atoms with E-state index in [-0.39, 0.29) is 17.1 Å². The zero-order valence-electron chi connectivity index (χ0n) is 11.4. The molecular formula is C11H16N2O6S. The van der Waals surface area contributed by atoms with E-state index in [4.69, 9.17) is 5.11 Å². The smallest absolute Gasteiger partial charge is 0.352 e. The minimum atomic E-state index is -3.94. The number of rotatable bonds is 6. The molecule has 0 fully saturated rings. The van der Waals surface area contributed by atoms with Crippen LogP contribution in [-0.4, -0.2) is 54.5 Å². The molecule has 9 heteroatoms. The van der Waals surface area contributed by atoms with Gasteiger partial charge in [-0.25, -0.2) is 13.2 Å². The maximum Gasteiger partial charge on any atom is 0.352 e. The molecule has 1 N–H and O–H groups in total. The second-order valence-corrected chi connectivity index (χ2v) is 5.92. The van der Waals surface area contributed by atoms with E-state index in [1.807, 2.05) is 0 Å². The average molecular weight is 304 g/mol. The Morgan fingerprint density at radius 1 is 1.45 bits per heavy atom. The molecule has 0 aliphatic rings. The summed E-state index contributed by atoms with van der Waals surface area (Å²) in [5.41, 5.74) is -0.155. The molecule has 1 rings (SSSR count). The highest BCUT2D eigenvalue weighted by molar-refractivity contribution is 7.89. The summed E-state index contributed by atoms with van der Waals surface area (Å²) in [4.78, 5) is 22.0. The number of aromatic nitrogens is 1. The van der Waals surface area contributed by atoms with Gasteiger partial charge in [-0.15, -0.1) is 0 Å². The van der Waals surface area contributed by atoms with Crippen molar-refractivity contribution >= 4 is 22.0 Å². The molecule has 0 aliphatic heterocycles. The third-order valence-electron chi connectivity index (χ3n) is 2.72. The molecule has 1 heterocycles. The van der Waals surface area contributed by atoms with E-state index >= 15 is 0 Å². The van der Waals surface area contributed by atoms with Crippen molar-refractivity contribution in [2.75, 3.05) is 20.2 Å². The number of nitrogens with zero attached hydrogens (tertiary/aromatic N) is 2. The summed E-state index contributed by atoms with van der Waals surface area (Å²) in [6.45, 7) is 1.21. The number of hydrogen-bond donors (Lipinski definition) is 1. The fourth-order valence-electron chi connectivity index (χ4n) is 1.61. The highest BCUT2D eigenvalue weighted by Crippen LogP contribution is 2.18. The van der Waals surface area contributed by atoms with Gasteiger partial charge in [0.05, 0.1) is 7.11 Å². The number of esters is 1. The number of methoxy groups -OCH3 is 1. The molecule has 0 amide bonds.